The highest BCUT2D eigenvalue weighted by molar-refractivity contribution is 5.87. The number of hydrogen-bond donors (Lipinski definition) is 2. The minimum Gasteiger partial charge on any atom is -0.391 e. The molecule has 0 radical (unpaired) electrons. The summed E-state index contributed by atoms with van der Waals surface area (Å²) in [7, 11) is 0. The van der Waals surface area contributed by atoms with E-state index in [9.17, 15) is 9.90 Å². The molecule has 0 aromatic heterocycles. The molecule has 3 heteroatoms. The van der Waals surface area contributed by atoms with Gasteiger partial charge in [-0.3, -0.25) is 4.79 Å². The smallest absolute Gasteiger partial charge is 0.243 e. The Morgan fingerprint density at radius 3 is 2.75 bits per heavy atom. The minimum absolute atomic E-state index is 0.0655. The van der Waals surface area contributed by atoms with Gasteiger partial charge in [-0.15, -0.1) is 0 Å². The molecule has 0 bridgehead atoms. The summed E-state index contributed by atoms with van der Waals surface area (Å²) >= 11 is 0. The van der Waals surface area contributed by atoms with E-state index in [1.54, 1.807) is 0 Å². The van der Waals surface area contributed by atoms with Crippen molar-refractivity contribution < 1.29 is 9.90 Å². The molecule has 1 rings (SSSR count). The van der Waals surface area contributed by atoms with E-state index in [1.807, 2.05) is 0 Å². The van der Waals surface area contributed by atoms with Crippen LogP contribution >= 0.6 is 0 Å². The summed E-state index contributed by atoms with van der Waals surface area (Å²) < 4.78 is 0. The molecule has 12 heavy (non-hydrogen) atoms. The zero-order valence-corrected chi connectivity index (χ0v) is 7.12. The van der Waals surface area contributed by atoms with Crippen molar-refractivity contribution >= 4 is 5.91 Å². The van der Waals surface area contributed by atoms with Crippen LogP contribution in [0.5, 0.6) is 0 Å². The van der Waals surface area contributed by atoms with Crippen molar-refractivity contribution in [2.45, 2.75) is 37.8 Å². The Bertz CT molecular complexity index is 179. The summed E-state index contributed by atoms with van der Waals surface area (Å²) in [6, 6.07) is -0.0655. The van der Waals surface area contributed by atoms with E-state index >= 15 is 0 Å². The van der Waals surface area contributed by atoms with Crippen LogP contribution in [0.15, 0.2) is 12.7 Å². The van der Waals surface area contributed by atoms with Gasteiger partial charge in [0.1, 0.15) is 0 Å². The number of rotatable bonds is 2. The van der Waals surface area contributed by atoms with Gasteiger partial charge in [-0.25, -0.2) is 0 Å². The predicted octanol–water partition coefficient (Wildman–Crippen LogP) is 0.592. The summed E-state index contributed by atoms with van der Waals surface area (Å²) in [5.41, 5.74) is 0. The van der Waals surface area contributed by atoms with Crippen LogP contribution in [0.2, 0.25) is 0 Å². The summed E-state index contributed by atoms with van der Waals surface area (Å²) in [4.78, 5) is 10.9. The average Bonchev–Trinajstić information content (AvgIpc) is 2.09. The van der Waals surface area contributed by atoms with E-state index in [4.69, 9.17) is 0 Å². The van der Waals surface area contributed by atoms with Gasteiger partial charge in [0.15, 0.2) is 0 Å². The van der Waals surface area contributed by atoms with Crippen LogP contribution in [0.25, 0.3) is 0 Å². The molecule has 0 aromatic carbocycles. The maximum Gasteiger partial charge on any atom is 0.243 e. The molecular weight excluding hydrogens is 154 g/mol. The van der Waals surface area contributed by atoms with Gasteiger partial charge in [-0.2, -0.15) is 0 Å². The first-order chi connectivity index (χ1) is 5.74. The molecule has 1 fully saturated rings. The summed E-state index contributed by atoms with van der Waals surface area (Å²) in [5, 5.41) is 12.2. The lowest BCUT2D eigenvalue weighted by Crippen LogP contribution is -2.44. The number of aliphatic hydroxyl groups is 1. The Balaban J connectivity index is 2.38. The van der Waals surface area contributed by atoms with Gasteiger partial charge >= 0.3 is 0 Å². The third-order valence-corrected chi connectivity index (χ3v) is 2.24. The fourth-order valence-electron chi connectivity index (χ4n) is 1.52. The molecular formula is C9H15NO2. The molecule has 68 valence electrons. The average molecular weight is 169 g/mol. The van der Waals surface area contributed by atoms with Crippen LogP contribution in [-0.4, -0.2) is 23.2 Å². The SMILES string of the molecule is C=CC(=O)NC1CCCCC1O. The lowest BCUT2D eigenvalue weighted by molar-refractivity contribution is -0.118. The first-order valence-electron chi connectivity index (χ1n) is 4.35. The van der Waals surface area contributed by atoms with E-state index in [1.165, 1.54) is 6.08 Å². The van der Waals surface area contributed by atoms with Gasteiger partial charge in [-0.05, 0) is 18.9 Å². The fraction of sp³-hybridized carbons (Fsp3) is 0.667. The third kappa shape index (κ3) is 2.34. The van der Waals surface area contributed by atoms with Crippen LogP contribution in [0.1, 0.15) is 25.7 Å². The van der Waals surface area contributed by atoms with E-state index in [0.717, 1.165) is 25.7 Å². The Hall–Kier alpha value is -0.830. The van der Waals surface area contributed by atoms with Crippen molar-refractivity contribution in [3.05, 3.63) is 12.7 Å². The lowest BCUT2D eigenvalue weighted by Gasteiger charge is -2.27. The van der Waals surface area contributed by atoms with E-state index < -0.39 is 0 Å². The van der Waals surface area contributed by atoms with Crippen molar-refractivity contribution in [2.75, 3.05) is 0 Å². The molecule has 1 saturated carbocycles. The molecule has 1 amide bonds. The van der Waals surface area contributed by atoms with Crippen LogP contribution in [0.4, 0.5) is 0 Å². The Labute approximate surface area is 72.5 Å². The van der Waals surface area contributed by atoms with Crippen LogP contribution in [0, 0.1) is 0 Å². The second-order valence-corrected chi connectivity index (χ2v) is 3.17. The van der Waals surface area contributed by atoms with Gasteiger partial charge in [0.2, 0.25) is 5.91 Å². The molecule has 0 aliphatic heterocycles. The molecule has 2 N–H and O–H groups in total. The van der Waals surface area contributed by atoms with Crippen molar-refractivity contribution in [3.8, 4) is 0 Å². The maximum atomic E-state index is 10.9. The first-order valence-corrected chi connectivity index (χ1v) is 4.35. The van der Waals surface area contributed by atoms with Gasteiger partial charge in [-0.1, -0.05) is 19.4 Å². The highest BCUT2D eigenvalue weighted by atomic mass is 16.3. The second-order valence-electron chi connectivity index (χ2n) is 3.17. The quantitative estimate of drug-likeness (QED) is 0.594. The second kappa shape index (κ2) is 4.26. The molecule has 3 nitrogen and oxygen atoms in total. The van der Waals surface area contributed by atoms with Crippen LogP contribution < -0.4 is 5.32 Å². The topological polar surface area (TPSA) is 49.3 Å². The Morgan fingerprint density at radius 2 is 2.17 bits per heavy atom. The van der Waals surface area contributed by atoms with Crippen molar-refractivity contribution in [3.63, 3.8) is 0 Å². The number of carbonyl (C=O) groups is 1. The number of aliphatic hydroxyl groups excluding tert-OH is 1. The first kappa shape index (κ1) is 9.26. The minimum atomic E-state index is -0.373. The zero-order chi connectivity index (χ0) is 8.97. The van der Waals surface area contributed by atoms with Gasteiger partial charge in [0.25, 0.3) is 0 Å². The molecule has 0 saturated heterocycles. The van der Waals surface area contributed by atoms with E-state index in [0.29, 0.717) is 0 Å². The lowest BCUT2D eigenvalue weighted by atomic mass is 9.92. The zero-order valence-electron chi connectivity index (χ0n) is 7.12. The predicted molar refractivity (Wildman–Crippen MR) is 46.6 cm³/mol. The highest BCUT2D eigenvalue weighted by Gasteiger charge is 2.23. The standard InChI is InChI=1S/C9H15NO2/c1-2-9(12)10-7-5-3-4-6-8(7)11/h2,7-8,11H,1,3-6H2,(H,10,12). The van der Waals surface area contributed by atoms with Gasteiger partial charge < -0.3 is 10.4 Å². The van der Waals surface area contributed by atoms with Gasteiger partial charge in [0, 0.05) is 0 Å². The summed E-state index contributed by atoms with van der Waals surface area (Å²) in [6.45, 7) is 3.36. The molecule has 1 aliphatic carbocycles. The molecule has 0 aromatic rings. The number of amides is 1. The maximum absolute atomic E-state index is 10.9. The molecule has 0 heterocycles. The summed E-state index contributed by atoms with van der Waals surface area (Å²) in [6.07, 6.45) is 4.67. The van der Waals surface area contributed by atoms with Crippen molar-refractivity contribution in [1.82, 2.24) is 5.32 Å². The fourth-order valence-corrected chi connectivity index (χ4v) is 1.52. The number of nitrogens with one attached hydrogen (secondary N) is 1. The Kier molecular flexibility index (Phi) is 3.29. The van der Waals surface area contributed by atoms with Crippen molar-refractivity contribution in [1.29, 1.82) is 0 Å². The molecule has 2 atom stereocenters. The van der Waals surface area contributed by atoms with Crippen LogP contribution in [-0.2, 0) is 4.79 Å². The van der Waals surface area contributed by atoms with Crippen molar-refractivity contribution in [2.24, 2.45) is 0 Å². The van der Waals surface area contributed by atoms with Gasteiger partial charge in [0.05, 0.1) is 12.1 Å². The number of carbonyl (C=O) groups excluding carboxylic acids is 1. The largest absolute Gasteiger partial charge is 0.391 e. The van der Waals surface area contributed by atoms with E-state index in [2.05, 4.69) is 11.9 Å². The Morgan fingerprint density at radius 1 is 1.50 bits per heavy atom. The molecule has 1 aliphatic rings. The van der Waals surface area contributed by atoms with E-state index in [-0.39, 0.29) is 18.1 Å². The highest BCUT2D eigenvalue weighted by Crippen LogP contribution is 2.18. The molecule has 2 unspecified atom stereocenters. The summed E-state index contributed by atoms with van der Waals surface area (Å²) in [5.74, 6) is -0.194. The monoisotopic (exact) mass is 169 g/mol. The number of hydrogen-bond acceptors (Lipinski definition) is 2. The van der Waals surface area contributed by atoms with Crippen LogP contribution in [0.3, 0.4) is 0 Å². The third-order valence-electron chi connectivity index (χ3n) is 2.24. The normalized spacial score (nSPS) is 29.4. The molecule has 0 spiro atoms.